The van der Waals surface area contributed by atoms with Gasteiger partial charge in [-0.2, -0.15) is 0 Å². The monoisotopic (exact) mass is 208 g/mol. The van der Waals surface area contributed by atoms with Crippen molar-refractivity contribution in [2.75, 3.05) is 14.2 Å². The Morgan fingerprint density at radius 2 is 2.13 bits per heavy atom. The van der Waals surface area contributed by atoms with Crippen LogP contribution in [0.1, 0.15) is 36.2 Å². The Bertz CT molecular complexity index is 333. The lowest BCUT2D eigenvalue weighted by atomic mass is 10.0. The molecule has 1 heterocycles. The van der Waals surface area contributed by atoms with E-state index in [0.717, 1.165) is 23.6 Å². The van der Waals surface area contributed by atoms with Gasteiger partial charge >= 0.3 is 0 Å². The van der Waals surface area contributed by atoms with Crippen LogP contribution in [0.25, 0.3) is 0 Å². The van der Waals surface area contributed by atoms with Gasteiger partial charge < -0.3 is 10.1 Å². The fourth-order valence-electron chi connectivity index (χ4n) is 1.84. The number of rotatable bonds is 4. The summed E-state index contributed by atoms with van der Waals surface area (Å²) in [4.78, 5) is 4.45. The third-order valence-corrected chi connectivity index (χ3v) is 2.72. The van der Waals surface area contributed by atoms with Gasteiger partial charge in [-0.3, -0.25) is 0 Å². The lowest BCUT2D eigenvalue weighted by Gasteiger charge is -2.18. The van der Waals surface area contributed by atoms with E-state index in [1.165, 1.54) is 5.56 Å². The zero-order chi connectivity index (χ0) is 11.4. The maximum Gasteiger partial charge on any atom is 0.216 e. The van der Waals surface area contributed by atoms with Crippen molar-refractivity contribution in [2.45, 2.75) is 33.2 Å². The van der Waals surface area contributed by atoms with E-state index in [4.69, 9.17) is 4.74 Å². The molecule has 1 rings (SSSR count). The molecule has 1 aromatic heterocycles. The molecule has 1 aromatic rings. The van der Waals surface area contributed by atoms with E-state index in [9.17, 15) is 0 Å². The van der Waals surface area contributed by atoms with Crippen LogP contribution in [-0.2, 0) is 0 Å². The highest BCUT2D eigenvalue weighted by Crippen LogP contribution is 2.24. The van der Waals surface area contributed by atoms with Crippen molar-refractivity contribution < 1.29 is 4.74 Å². The highest BCUT2D eigenvalue weighted by Gasteiger charge is 2.13. The Labute approximate surface area is 91.9 Å². The average molecular weight is 208 g/mol. The van der Waals surface area contributed by atoms with Crippen LogP contribution in [0.2, 0.25) is 0 Å². The zero-order valence-electron chi connectivity index (χ0n) is 10.2. The number of aryl methyl sites for hydroxylation is 2. The van der Waals surface area contributed by atoms with Crippen LogP contribution >= 0.6 is 0 Å². The van der Waals surface area contributed by atoms with Gasteiger partial charge in [0.05, 0.1) is 7.11 Å². The summed E-state index contributed by atoms with van der Waals surface area (Å²) in [5.74, 6) is 0.724. The van der Waals surface area contributed by atoms with Crippen LogP contribution in [0.3, 0.4) is 0 Å². The number of pyridine rings is 1. The normalized spacial score (nSPS) is 12.6. The SMILES string of the molecule is CCC(NC)c1cc(C)c(OC)nc1C. The standard InChI is InChI=1S/C12H20N2O/c1-6-11(13-4)10-7-8(2)12(15-5)14-9(10)3/h7,11,13H,6H2,1-5H3. The second-order valence-electron chi connectivity index (χ2n) is 3.74. The van der Waals surface area contributed by atoms with Gasteiger partial charge in [-0.1, -0.05) is 6.92 Å². The van der Waals surface area contributed by atoms with Crippen molar-refractivity contribution in [3.8, 4) is 5.88 Å². The van der Waals surface area contributed by atoms with Crippen molar-refractivity contribution in [3.05, 3.63) is 22.9 Å². The minimum absolute atomic E-state index is 0.377. The van der Waals surface area contributed by atoms with Gasteiger partial charge in [0, 0.05) is 17.3 Å². The van der Waals surface area contributed by atoms with Gasteiger partial charge in [0.25, 0.3) is 0 Å². The Morgan fingerprint density at radius 1 is 1.47 bits per heavy atom. The van der Waals surface area contributed by atoms with Crippen LogP contribution < -0.4 is 10.1 Å². The molecule has 0 aromatic carbocycles. The molecule has 0 aliphatic carbocycles. The van der Waals surface area contributed by atoms with E-state index in [2.05, 4.69) is 23.3 Å². The Morgan fingerprint density at radius 3 is 2.60 bits per heavy atom. The molecule has 3 heteroatoms. The lowest BCUT2D eigenvalue weighted by Crippen LogP contribution is -2.17. The van der Waals surface area contributed by atoms with Gasteiger partial charge in [0.2, 0.25) is 5.88 Å². The molecule has 0 saturated heterocycles. The smallest absolute Gasteiger partial charge is 0.216 e. The van der Waals surface area contributed by atoms with Crippen molar-refractivity contribution in [2.24, 2.45) is 0 Å². The molecule has 0 bridgehead atoms. The molecule has 0 fully saturated rings. The molecule has 84 valence electrons. The summed E-state index contributed by atoms with van der Waals surface area (Å²) >= 11 is 0. The number of ether oxygens (including phenoxy) is 1. The van der Waals surface area contributed by atoms with Crippen LogP contribution in [0, 0.1) is 13.8 Å². The highest BCUT2D eigenvalue weighted by atomic mass is 16.5. The maximum absolute atomic E-state index is 5.20. The number of hydrogen-bond acceptors (Lipinski definition) is 3. The van der Waals surface area contributed by atoms with Gasteiger partial charge in [-0.05, 0) is 38.9 Å². The second-order valence-corrected chi connectivity index (χ2v) is 3.74. The summed E-state index contributed by atoms with van der Waals surface area (Å²) in [6.07, 6.45) is 1.06. The van der Waals surface area contributed by atoms with Gasteiger partial charge in [-0.15, -0.1) is 0 Å². The second kappa shape index (κ2) is 5.12. The first kappa shape index (κ1) is 12.0. The topological polar surface area (TPSA) is 34.1 Å². The number of nitrogens with zero attached hydrogens (tertiary/aromatic N) is 1. The predicted molar refractivity (Wildman–Crippen MR) is 62.4 cm³/mol. The Kier molecular flexibility index (Phi) is 4.09. The molecule has 0 amide bonds. The molecule has 0 radical (unpaired) electrons. The zero-order valence-corrected chi connectivity index (χ0v) is 10.2. The first-order valence-corrected chi connectivity index (χ1v) is 5.33. The van der Waals surface area contributed by atoms with Crippen LogP contribution in [0.5, 0.6) is 5.88 Å². The highest BCUT2D eigenvalue weighted by molar-refractivity contribution is 5.34. The summed E-state index contributed by atoms with van der Waals surface area (Å²) < 4.78 is 5.20. The van der Waals surface area contributed by atoms with Crippen LogP contribution in [0.15, 0.2) is 6.07 Å². The van der Waals surface area contributed by atoms with Crippen LogP contribution in [0.4, 0.5) is 0 Å². The summed E-state index contributed by atoms with van der Waals surface area (Å²) in [5, 5.41) is 3.29. The molecule has 1 N–H and O–H groups in total. The molecule has 0 aliphatic rings. The van der Waals surface area contributed by atoms with E-state index < -0.39 is 0 Å². The van der Waals surface area contributed by atoms with Crippen LogP contribution in [-0.4, -0.2) is 19.1 Å². The third-order valence-electron chi connectivity index (χ3n) is 2.72. The minimum atomic E-state index is 0.377. The molecule has 3 nitrogen and oxygen atoms in total. The molecular weight excluding hydrogens is 188 g/mol. The molecule has 1 unspecified atom stereocenters. The van der Waals surface area contributed by atoms with Crippen molar-refractivity contribution in [1.29, 1.82) is 0 Å². The molecule has 0 saturated carbocycles. The fraction of sp³-hybridized carbons (Fsp3) is 0.583. The number of aromatic nitrogens is 1. The Hall–Kier alpha value is -1.09. The van der Waals surface area contributed by atoms with Crippen molar-refractivity contribution in [3.63, 3.8) is 0 Å². The fourth-order valence-corrected chi connectivity index (χ4v) is 1.84. The maximum atomic E-state index is 5.20. The summed E-state index contributed by atoms with van der Waals surface area (Å²) in [6.45, 7) is 6.22. The number of methoxy groups -OCH3 is 1. The molecular formula is C12H20N2O. The quantitative estimate of drug-likeness (QED) is 0.825. The average Bonchev–Trinajstić information content (AvgIpc) is 2.24. The van der Waals surface area contributed by atoms with Crippen molar-refractivity contribution in [1.82, 2.24) is 10.3 Å². The van der Waals surface area contributed by atoms with E-state index in [1.54, 1.807) is 7.11 Å². The van der Waals surface area contributed by atoms with E-state index in [1.807, 2.05) is 20.9 Å². The first-order valence-electron chi connectivity index (χ1n) is 5.33. The molecule has 0 aliphatic heterocycles. The summed E-state index contributed by atoms with van der Waals surface area (Å²) in [7, 11) is 3.64. The predicted octanol–water partition coefficient (Wildman–Crippen LogP) is 2.38. The molecule has 1 atom stereocenters. The number of nitrogens with one attached hydrogen (secondary N) is 1. The Balaban J connectivity index is 3.14. The van der Waals surface area contributed by atoms with Gasteiger partial charge in [0.15, 0.2) is 0 Å². The first-order chi connectivity index (χ1) is 7.13. The molecule has 0 spiro atoms. The van der Waals surface area contributed by atoms with Gasteiger partial charge in [0.1, 0.15) is 0 Å². The molecule has 15 heavy (non-hydrogen) atoms. The van der Waals surface area contributed by atoms with E-state index >= 15 is 0 Å². The lowest BCUT2D eigenvalue weighted by molar-refractivity contribution is 0.392. The minimum Gasteiger partial charge on any atom is -0.481 e. The van der Waals surface area contributed by atoms with E-state index in [-0.39, 0.29) is 0 Å². The number of hydrogen-bond donors (Lipinski definition) is 1. The summed E-state index contributed by atoms with van der Waals surface area (Å²) in [5.41, 5.74) is 3.39. The summed E-state index contributed by atoms with van der Waals surface area (Å²) in [6, 6.07) is 2.54. The largest absolute Gasteiger partial charge is 0.481 e. The van der Waals surface area contributed by atoms with Crippen molar-refractivity contribution >= 4 is 0 Å². The third kappa shape index (κ3) is 2.48. The van der Waals surface area contributed by atoms with E-state index in [0.29, 0.717) is 6.04 Å². The van der Waals surface area contributed by atoms with Gasteiger partial charge in [-0.25, -0.2) is 4.98 Å².